The first-order valence-corrected chi connectivity index (χ1v) is 5.73. The molecule has 2 rings (SSSR count). The van der Waals surface area contributed by atoms with E-state index in [0.29, 0.717) is 6.04 Å². The van der Waals surface area contributed by atoms with Crippen molar-refractivity contribution in [1.82, 2.24) is 5.32 Å². The Morgan fingerprint density at radius 2 is 2.06 bits per heavy atom. The minimum absolute atomic E-state index is 0.308. The van der Waals surface area contributed by atoms with Crippen LogP contribution in [0.2, 0.25) is 0 Å². The summed E-state index contributed by atoms with van der Waals surface area (Å²) in [6, 6.07) is 8.47. The van der Waals surface area contributed by atoms with E-state index in [9.17, 15) is 0 Å². The van der Waals surface area contributed by atoms with Gasteiger partial charge in [-0.1, -0.05) is 12.1 Å². The Balaban J connectivity index is 1.99. The molecule has 86 valence electrons. The minimum Gasteiger partial charge on any atom is -0.497 e. The summed E-state index contributed by atoms with van der Waals surface area (Å²) in [6.07, 6.45) is 2.26. The monoisotopic (exact) mass is 218 g/mol. The fourth-order valence-electron chi connectivity index (χ4n) is 1.88. The van der Waals surface area contributed by atoms with Gasteiger partial charge in [-0.2, -0.15) is 0 Å². The van der Waals surface area contributed by atoms with E-state index >= 15 is 0 Å². The van der Waals surface area contributed by atoms with E-state index in [2.05, 4.69) is 29.4 Å². The number of aliphatic imine (C=N–C) groups is 1. The molecule has 0 saturated carbocycles. The summed E-state index contributed by atoms with van der Waals surface area (Å²) in [5, 5.41) is 3.44. The predicted octanol–water partition coefficient (Wildman–Crippen LogP) is 2.54. The molecule has 0 aliphatic carbocycles. The van der Waals surface area contributed by atoms with E-state index < -0.39 is 0 Å². The molecule has 1 aromatic rings. The van der Waals surface area contributed by atoms with Gasteiger partial charge in [0.05, 0.1) is 12.9 Å². The first kappa shape index (κ1) is 11.0. The third-order valence-electron chi connectivity index (χ3n) is 2.87. The normalized spacial score (nSPS) is 16.8. The molecule has 1 N–H and O–H groups in total. The minimum atomic E-state index is 0.308. The van der Waals surface area contributed by atoms with Crippen LogP contribution in [0.4, 0.5) is 0 Å². The summed E-state index contributed by atoms with van der Waals surface area (Å²) in [4.78, 5) is 4.42. The number of benzene rings is 1. The van der Waals surface area contributed by atoms with Crippen LogP contribution in [-0.2, 0) is 0 Å². The van der Waals surface area contributed by atoms with Gasteiger partial charge in [-0.05, 0) is 31.0 Å². The summed E-state index contributed by atoms with van der Waals surface area (Å²) >= 11 is 0. The van der Waals surface area contributed by atoms with Gasteiger partial charge in [0.15, 0.2) is 0 Å². The van der Waals surface area contributed by atoms with E-state index in [-0.39, 0.29) is 0 Å². The molecule has 16 heavy (non-hydrogen) atoms. The van der Waals surface area contributed by atoms with Gasteiger partial charge in [0, 0.05) is 19.0 Å². The Kier molecular flexibility index (Phi) is 3.44. The second kappa shape index (κ2) is 5.01. The predicted molar refractivity (Wildman–Crippen MR) is 66.1 cm³/mol. The highest BCUT2D eigenvalue weighted by atomic mass is 16.5. The summed E-state index contributed by atoms with van der Waals surface area (Å²) in [7, 11) is 1.68. The van der Waals surface area contributed by atoms with Crippen molar-refractivity contribution in [3.8, 4) is 5.75 Å². The maximum absolute atomic E-state index is 5.14. The lowest BCUT2D eigenvalue weighted by Crippen LogP contribution is -2.24. The molecule has 0 saturated heterocycles. The Hall–Kier alpha value is -1.51. The highest BCUT2D eigenvalue weighted by molar-refractivity contribution is 5.83. The number of hydrogen-bond acceptors (Lipinski definition) is 3. The van der Waals surface area contributed by atoms with E-state index in [1.807, 2.05) is 12.1 Å². The van der Waals surface area contributed by atoms with E-state index in [0.717, 1.165) is 24.6 Å². The van der Waals surface area contributed by atoms with Crippen LogP contribution in [0.25, 0.3) is 0 Å². The molecular formula is C13H18N2O. The summed E-state index contributed by atoms with van der Waals surface area (Å²) in [5.41, 5.74) is 1.26. The highest BCUT2D eigenvalue weighted by Gasteiger charge is 2.10. The molecule has 0 spiro atoms. The van der Waals surface area contributed by atoms with E-state index in [1.165, 1.54) is 12.0 Å². The lowest BCUT2D eigenvalue weighted by molar-refractivity contribution is 0.414. The van der Waals surface area contributed by atoms with Gasteiger partial charge in [-0.25, -0.2) is 0 Å². The van der Waals surface area contributed by atoms with E-state index in [4.69, 9.17) is 4.74 Å². The molecule has 1 heterocycles. The number of hydrogen-bond donors (Lipinski definition) is 1. The maximum atomic E-state index is 5.14. The van der Waals surface area contributed by atoms with Crippen LogP contribution in [0.1, 0.15) is 31.4 Å². The largest absolute Gasteiger partial charge is 0.497 e. The van der Waals surface area contributed by atoms with Crippen molar-refractivity contribution in [2.45, 2.75) is 25.8 Å². The van der Waals surface area contributed by atoms with Crippen LogP contribution in [0, 0.1) is 0 Å². The zero-order chi connectivity index (χ0) is 11.4. The molecule has 0 fully saturated rings. The molecule has 1 aliphatic rings. The van der Waals surface area contributed by atoms with Crippen molar-refractivity contribution < 1.29 is 4.74 Å². The van der Waals surface area contributed by atoms with Gasteiger partial charge in [0.2, 0.25) is 0 Å². The molecular weight excluding hydrogens is 200 g/mol. The molecule has 0 aromatic heterocycles. The fourth-order valence-corrected chi connectivity index (χ4v) is 1.88. The maximum Gasteiger partial charge on any atom is 0.118 e. The van der Waals surface area contributed by atoms with Crippen molar-refractivity contribution in [3.05, 3.63) is 29.8 Å². The second-order valence-corrected chi connectivity index (χ2v) is 4.07. The number of ether oxygens (including phenoxy) is 1. The smallest absolute Gasteiger partial charge is 0.118 e. The van der Waals surface area contributed by atoms with Crippen LogP contribution < -0.4 is 10.1 Å². The topological polar surface area (TPSA) is 33.6 Å². The Morgan fingerprint density at radius 1 is 1.31 bits per heavy atom. The zero-order valence-electron chi connectivity index (χ0n) is 9.86. The van der Waals surface area contributed by atoms with Crippen molar-refractivity contribution >= 4 is 5.84 Å². The zero-order valence-corrected chi connectivity index (χ0v) is 9.86. The molecule has 0 radical (unpaired) electrons. The van der Waals surface area contributed by atoms with Crippen molar-refractivity contribution in [2.24, 2.45) is 4.99 Å². The van der Waals surface area contributed by atoms with Crippen LogP contribution >= 0.6 is 0 Å². The van der Waals surface area contributed by atoms with Gasteiger partial charge in [0.25, 0.3) is 0 Å². The Bertz CT molecular complexity index is 370. The average molecular weight is 218 g/mol. The van der Waals surface area contributed by atoms with Gasteiger partial charge in [-0.15, -0.1) is 0 Å². The number of rotatable bonds is 3. The van der Waals surface area contributed by atoms with Crippen LogP contribution in [0.15, 0.2) is 29.3 Å². The molecule has 0 bridgehead atoms. The standard InChI is InChI=1S/C13H18N2O/c1-10(15-13-4-3-9-14-13)11-5-7-12(16-2)8-6-11/h5-8,10H,3-4,9H2,1-2H3,(H,14,15)/t10-/m1/s1. The van der Waals surface area contributed by atoms with Crippen molar-refractivity contribution in [1.29, 1.82) is 0 Å². The lowest BCUT2D eigenvalue weighted by Gasteiger charge is -2.15. The fraction of sp³-hybridized carbons (Fsp3) is 0.462. The Morgan fingerprint density at radius 3 is 2.62 bits per heavy atom. The van der Waals surface area contributed by atoms with Crippen LogP contribution in [0.5, 0.6) is 5.75 Å². The summed E-state index contributed by atoms with van der Waals surface area (Å²) < 4.78 is 5.14. The van der Waals surface area contributed by atoms with Gasteiger partial charge < -0.3 is 10.1 Å². The van der Waals surface area contributed by atoms with E-state index in [1.54, 1.807) is 7.11 Å². The molecule has 3 heteroatoms. The van der Waals surface area contributed by atoms with Crippen LogP contribution in [-0.4, -0.2) is 19.5 Å². The molecule has 3 nitrogen and oxygen atoms in total. The highest BCUT2D eigenvalue weighted by Crippen LogP contribution is 2.18. The molecule has 0 unspecified atom stereocenters. The third-order valence-corrected chi connectivity index (χ3v) is 2.87. The molecule has 0 amide bonds. The van der Waals surface area contributed by atoms with Crippen molar-refractivity contribution in [2.75, 3.05) is 13.7 Å². The molecule has 1 aliphatic heterocycles. The second-order valence-electron chi connectivity index (χ2n) is 4.07. The number of nitrogens with one attached hydrogen (secondary N) is 1. The van der Waals surface area contributed by atoms with Crippen LogP contribution in [0.3, 0.4) is 0 Å². The molecule has 1 aromatic carbocycles. The number of amidine groups is 1. The van der Waals surface area contributed by atoms with Gasteiger partial charge in [0.1, 0.15) is 5.75 Å². The van der Waals surface area contributed by atoms with Crippen molar-refractivity contribution in [3.63, 3.8) is 0 Å². The quantitative estimate of drug-likeness (QED) is 0.845. The van der Waals surface area contributed by atoms with Gasteiger partial charge >= 0.3 is 0 Å². The molecule has 1 atom stereocenters. The SMILES string of the molecule is COc1ccc([C@@H](C)NC2=NCCC2)cc1. The summed E-state index contributed by atoms with van der Waals surface area (Å²) in [6.45, 7) is 3.13. The first-order valence-electron chi connectivity index (χ1n) is 5.73. The lowest BCUT2D eigenvalue weighted by atomic mass is 10.1. The number of nitrogens with zero attached hydrogens (tertiary/aromatic N) is 1. The number of methoxy groups -OCH3 is 1. The summed E-state index contributed by atoms with van der Waals surface area (Å²) in [5.74, 6) is 2.04. The first-order chi connectivity index (χ1) is 7.79. The average Bonchev–Trinajstić information content (AvgIpc) is 2.82. The van der Waals surface area contributed by atoms with Gasteiger partial charge in [-0.3, -0.25) is 4.99 Å². The third kappa shape index (κ3) is 2.54. The Labute approximate surface area is 96.5 Å².